The second-order valence-corrected chi connectivity index (χ2v) is 5.74. The van der Waals surface area contributed by atoms with E-state index in [1.807, 2.05) is 18.7 Å². The van der Waals surface area contributed by atoms with Crippen LogP contribution in [0.1, 0.15) is 37.8 Å². The molecule has 0 bridgehead atoms. The lowest BCUT2D eigenvalue weighted by atomic mass is 10.1. The van der Waals surface area contributed by atoms with Crippen LogP contribution in [-0.2, 0) is 12.7 Å². The van der Waals surface area contributed by atoms with E-state index in [4.69, 9.17) is 5.73 Å². The molecule has 2 rings (SSSR count). The molecule has 1 aliphatic rings. The number of rotatable bonds is 5. The molecule has 0 radical (unpaired) electrons. The standard InChI is InChI=1S/C15H21F3N2/c1-10(2)20(9-11-3-4-11)14-6-5-12(8-19)7-13(14)15(16,17)18/h5-7,10-11H,3-4,8-9,19H2,1-2H3. The summed E-state index contributed by atoms with van der Waals surface area (Å²) in [4.78, 5) is 1.86. The number of benzene rings is 1. The van der Waals surface area contributed by atoms with Gasteiger partial charge < -0.3 is 10.6 Å². The van der Waals surface area contributed by atoms with E-state index in [1.54, 1.807) is 12.1 Å². The lowest BCUT2D eigenvalue weighted by Gasteiger charge is -2.31. The van der Waals surface area contributed by atoms with Gasteiger partial charge in [-0.25, -0.2) is 0 Å². The van der Waals surface area contributed by atoms with Crippen molar-refractivity contribution in [3.63, 3.8) is 0 Å². The Morgan fingerprint density at radius 3 is 2.40 bits per heavy atom. The minimum absolute atomic E-state index is 0.0421. The van der Waals surface area contributed by atoms with Crippen LogP contribution in [0.25, 0.3) is 0 Å². The van der Waals surface area contributed by atoms with Crippen LogP contribution in [0.2, 0.25) is 0 Å². The highest BCUT2D eigenvalue weighted by Crippen LogP contribution is 2.40. The van der Waals surface area contributed by atoms with Crippen molar-refractivity contribution in [2.24, 2.45) is 11.7 Å². The summed E-state index contributed by atoms with van der Waals surface area (Å²) in [6.45, 7) is 4.68. The number of nitrogens with zero attached hydrogens (tertiary/aromatic N) is 1. The molecule has 0 saturated heterocycles. The third kappa shape index (κ3) is 3.45. The Bertz CT molecular complexity index is 465. The predicted molar refractivity (Wildman–Crippen MR) is 74.5 cm³/mol. The van der Waals surface area contributed by atoms with E-state index in [9.17, 15) is 13.2 Å². The van der Waals surface area contributed by atoms with Crippen molar-refractivity contribution in [2.75, 3.05) is 11.4 Å². The van der Waals surface area contributed by atoms with E-state index in [2.05, 4.69) is 0 Å². The maximum absolute atomic E-state index is 13.3. The van der Waals surface area contributed by atoms with Crippen LogP contribution in [-0.4, -0.2) is 12.6 Å². The normalized spacial score (nSPS) is 15.8. The second kappa shape index (κ2) is 5.64. The number of anilines is 1. The summed E-state index contributed by atoms with van der Waals surface area (Å²) in [7, 11) is 0. The predicted octanol–water partition coefficient (Wildman–Crippen LogP) is 3.79. The van der Waals surface area contributed by atoms with E-state index in [1.165, 1.54) is 6.07 Å². The average Bonchev–Trinajstić information content (AvgIpc) is 3.18. The summed E-state index contributed by atoms with van der Waals surface area (Å²) in [5, 5.41) is 0. The zero-order valence-corrected chi connectivity index (χ0v) is 11.9. The molecule has 2 N–H and O–H groups in total. The first-order valence-electron chi connectivity index (χ1n) is 6.99. The van der Waals surface area contributed by atoms with Crippen molar-refractivity contribution in [3.05, 3.63) is 29.3 Å². The first-order valence-corrected chi connectivity index (χ1v) is 6.99. The van der Waals surface area contributed by atoms with Crippen molar-refractivity contribution in [1.82, 2.24) is 0 Å². The van der Waals surface area contributed by atoms with Crippen molar-refractivity contribution in [3.8, 4) is 0 Å². The highest BCUT2D eigenvalue weighted by molar-refractivity contribution is 5.57. The molecule has 0 unspecified atom stereocenters. The average molecular weight is 286 g/mol. The molecule has 0 amide bonds. The van der Waals surface area contributed by atoms with Gasteiger partial charge in [0.15, 0.2) is 0 Å². The van der Waals surface area contributed by atoms with Crippen LogP contribution in [0, 0.1) is 5.92 Å². The third-order valence-corrected chi connectivity index (χ3v) is 3.69. The molecule has 5 heteroatoms. The van der Waals surface area contributed by atoms with Gasteiger partial charge in [-0.05, 0) is 50.3 Å². The van der Waals surface area contributed by atoms with Gasteiger partial charge in [-0.1, -0.05) is 6.07 Å². The van der Waals surface area contributed by atoms with Crippen LogP contribution in [0.3, 0.4) is 0 Å². The summed E-state index contributed by atoms with van der Waals surface area (Å²) >= 11 is 0. The zero-order chi connectivity index (χ0) is 14.9. The highest BCUT2D eigenvalue weighted by Gasteiger charge is 2.36. The Labute approximate surface area is 117 Å². The summed E-state index contributed by atoms with van der Waals surface area (Å²) in [6, 6.07) is 4.47. The van der Waals surface area contributed by atoms with Crippen molar-refractivity contribution >= 4 is 5.69 Å². The molecule has 0 aromatic heterocycles. The van der Waals surface area contributed by atoms with Crippen LogP contribution in [0.15, 0.2) is 18.2 Å². The van der Waals surface area contributed by atoms with E-state index < -0.39 is 11.7 Å². The third-order valence-electron chi connectivity index (χ3n) is 3.69. The van der Waals surface area contributed by atoms with E-state index >= 15 is 0 Å². The van der Waals surface area contributed by atoms with Crippen LogP contribution >= 0.6 is 0 Å². The quantitative estimate of drug-likeness (QED) is 0.892. The first-order chi connectivity index (χ1) is 9.32. The fourth-order valence-corrected chi connectivity index (χ4v) is 2.35. The first kappa shape index (κ1) is 15.2. The fourth-order valence-electron chi connectivity index (χ4n) is 2.35. The minimum atomic E-state index is -4.35. The van der Waals surface area contributed by atoms with Crippen molar-refractivity contribution in [1.29, 1.82) is 0 Å². The molecule has 0 spiro atoms. The van der Waals surface area contributed by atoms with Gasteiger partial charge in [0.25, 0.3) is 0 Å². The van der Waals surface area contributed by atoms with Crippen molar-refractivity contribution < 1.29 is 13.2 Å². The number of nitrogens with two attached hydrogens (primary N) is 1. The molecule has 20 heavy (non-hydrogen) atoms. The monoisotopic (exact) mass is 286 g/mol. The van der Waals surface area contributed by atoms with Gasteiger partial charge in [0.2, 0.25) is 0 Å². The molecule has 0 heterocycles. The van der Waals surface area contributed by atoms with Gasteiger partial charge in [0, 0.05) is 24.8 Å². The SMILES string of the molecule is CC(C)N(CC1CC1)c1ccc(CN)cc1C(F)(F)F. The molecule has 1 fully saturated rings. The molecular formula is C15H21F3N2. The molecule has 1 aromatic carbocycles. The minimum Gasteiger partial charge on any atom is -0.368 e. The highest BCUT2D eigenvalue weighted by atomic mass is 19.4. The summed E-state index contributed by atoms with van der Waals surface area (Å²) < 4.78 is 39.8. The van der Waals surface area contributed by atoms with Gasteiger partial charge in [-0.3, -0.25) is 0 Å². The Hall–Kier alpha value is -1.23. The Kier molecular flexibility index (Phi) is 4.28. The Balaban J connectivity index is 2.41. The molecule has 2 nitrogen and oxygen atoms in total. The van der Waals surface area contributed by atoms with Crippen LogP contribution in [0.4, 0.5) is 18.9 Å². The lowest BCUT2D eigenvalue weighted by molar-refractivity contribution is -0.137. The van der Waals surface area contributed by atoms with E-state index in [-0.39, 0.29) is 18.3 Å². The summed E-state index contributed by atoms with van der Waals surface area (Å²) in [5.74, 6) is 0.535. The van der Waals surface area contributed by atoms with Crippen molar-refractivity contribution in [2.45, 2.75) is 45.5 Å². The van der Waals surface area contributed by atoms with Gasteiger partial charge in [0.1, 0.15) is 0 Å². The number of hydrogen-bond donors (Lipinski definition) is 1. The molecule has 0 atom stereocenters. The fraction of sp³-hybridized carbons (Fsp3) is 0.600. The number of alkyl halides is 3. The van der Waals surface area contributed by atoms with Crippen LogP contribution in [0.5, 0.6) is 0 Å². The topological polar surface area (TPSA) is 29.3 Å². The summed E-state index contributed by atoms with van der Waals surface area (Å²) in [6.07, 6.45) is -2.12. The number of halogens is 3. The van der Waals surface area contributed by atoms with Crippen LogP contribution < -0.4 is 10.6 Å². The van der Waals surface area contributed by atoms with E-state index in [0.29, 0.717) is 18.0 Å². The second-order valence-electron chi connectivity index (χ2n) is 5.74. The molecule has 1 aromatic rings. The smallest absolute Gasteiger partial charge is 0.368 e. The molecule has 112 valence electrons. The lowest BCUT2D eigenvalue weighted by Crippen LogP contribution is -2.34. The number of hydrogen-bond acceptors (Lipinski definition) is 2. The molecule has 1 aliphatic carbocycles. The van der Waals surface area contributed by atoms with Gasteiger partial charge in [-0.2, -0.15) is 13.2 Å². The molecular weight excluding hydrogens is 265 g/mol. The van der Waals surface area contributed by atoms with Gasteiger partial charge >= 0.3 is 6.18 Å². The zero-order valence-electron chi connectivity index (χ0n) is 11.9. The van der Waals surface area contributed by atoms with Gasteiger partial charge in [-0.15, -0.1) is 0 Å². The Morgan fingerprint density at radius 2 is 1.95 bits per heavy atom. The molecule has 1 saturated carbocycles. The molecule has 0 aliphatic heterocycles. The maximum atomic E-state index is 13.3. The Morgan fingerprint density at radius 1 is 1.30 bits per heavy atom. The largest absolute Gasteiger partial charge is 0.418 e. The van der Waals surface area contributed by atoms with Gasteiger partial charge in [0.05, 0.1) is 5.56 Å². The van der Waals surface area contributed by atoms with E-state index in [0.717, 1.165) is 12.8 Å². The summed E-state index contributed by atoms with van der Waals surface area (Å²) in [5.41, 5.74) is 5.67. The maximum Gasteiger partial charge on any atom is 0.418 e.